The summed E-state index contributed by atoms with van der Waals surface area (Å²) in [5, 5.41) is 7.17. The van der Waals surface area contributed by atoms with Crippen LogP contribution in [0, 0.1) is 19.8 Å². The van der Waals surface area contributed by atoms with E-state index >= 15 is 0 Å². The van der Waals surface area contributed by atoms with Gasteiger partial charge in [0.05, 0.1) is 18.7 Å². The molecule has 1 saturated heterocycles. The number of benzene rings is 1. The first-order valence-electron chi connectivity index (χ1n) is 10.0. The number of methoxy groups -OCH3 is 1. The first-order valence-corrected chi connectivity index (χ1v) is 10.0. The van der Waals surface area contributed by atoms with Gasteiger partial charge in [0.15, 0.2) is 0 Å². The van der Waals surface area contributed by atoms with Crippen molar-refractivity contribution in [1.29, 1.82) is 0 Å². The average molecular weight is 399 g/mol. The molecule has 1 fully saturated rings. The number of carbonyl (C=O) groups excluding carboxylic acids is 2. The molecule has 156 valence electrons. The molecule has 3 rings (SSSR count). The number of amides is 2. The number of hydrogen-bond donors (Lipinski definition) is 1. The van der Waals surface area contributed by atoms with Gasteiger partial charge in [-0.15, -0.1) is 0 Å². The molecule has 2 aromatic rings. The molecular weight excluding hydrogens is 368 g/mol. The predicted octanol–water partition coefficient (Wildman–Crippen LogP) is 2.47. The van der Waals surface area contributed by atoms with Crippen molar-refractivity contribution in [3.05, 3.63) is 46.8 Å². The lowest BCUT2D eigenvalue weighted by Gasteiger charge is -2.34. The van der Waals surface area contributed by atoms with E-state index in [2.05, 4.69) is 10.2 Å². The second kappa shape index (κ2) is 9.11. The number of aromatic amines is 1. The monoisotopic (exact) mass is 398 g/mol. The fourth-order valence-corrected chi connectivity index (χ4v) is 3.82. The SMILES string of the molecule is COc1ccc(CCN2CC(C(=O)N(C)Cc3c(C)n[nH]c3C)CCC2=O)cc1. The molecule has 0 spiro atoms. The van der Waals surface area contributed by atoms with E-state index in [-0.39, 0.29) is 17.7 Å². The maximum Gasteiger partial charge on any atom is 0.227 e. The van der Waals surface area contributed by atoms with E-state index in [0.29, 0.717) is 32.5 Å². The number of likely N-dealkylation sites (tertiary alicyclic amines) is 1. The summed E-state index contributed by atoms with van der Waals surface area (Å²) in [5.41, 5.74) is 4.11. The van der Waals surface area contributed by atoms with Gasteiger partial charge >= 0.3 is 0 Å². The Balaban J connectivity index is 1.57. The molecule has 1 aliphatic rings. The Kier molecular flexibility index (Phi) is 6.56. The van der Waals surface area contributed by atoms with Crippen LogP contribution < -0.4 is 4.74 Å². The van der Waals surface area contributed by atoms with Gasteiger partial charge in [-0.1, -0.05) is 12.1 Å². The van der Waals surface area contributed by atoms with E-state index in [1.807, 2.05) is 50.1 Å². The molecule has 29 heavy (non-hydrogen) atoms. The van der Waals surface area contributed by atoms with E-state index in [4.69, 9.17) is 4.74 Å². The van der Waals surface area contributed by atoms with Crippen LogP contribution in [0.3, 0.4) is 0 Å². The van der Waals surface area contributed by atoms with Crippen LogP contribution in [0.2, 0.25) is 0 Å². The van der Waals surface area contributed by atoms with E-state index in [1.54, 1.807) is 12.0 Å². The Morgan fingerprint density at radius 1 is 1.31 bits per heavy atom. The summed E-state index contributed by atoms with van der Waals surface area (Å²) in [6, 6.07) is 7.88. The van der Waals surface area contributed by atoms with Crippen LogP contribution in [-0.4, -0.2) is 59.1 Å². The fourth-order valence-electron chi connectivity index (χ4n) is 3.82. The van der Waals surface area contributed by atoms with Crippen LogP contribution in [0.4, 0.5) is 0 Å². The summed E-state index contributed by atoms with van der Waals surface area (Å²) in [6.07, 6.45) is 1.81. The molecule has 2 amide bonds. The number of rotatable bonds is 7. The van der Waals surface area contributed by atoms with Gasteiger partial charge in [0.25, 0.3) is 0 Å². The molecule has 1 aromatic heterocycles. The number of piperidine rings is 1. The number of hydrogen-bond acceptors (Lipinski definition) is 4. The predicted molar refractivity (Wildman–Crippen MR) is 111 cm³/mol. The molecule has 1 aliphatic heterocycles. The highest BCUT2D eigenvalue weighted by Gasteiger charge is 2.32. The summed E-state index contributed by atoms with van der Waals surface area (Å²) >= 11 is 0. The van der Waals surface area contributed by atoms with Crippen molar-refractivity contribution in [2.75, 3.05) is 27.2 Å². The lowest BCUT2D eigenvalue weighted by molar-refractivity contribution is -0.142. The number of nitrogens with zero attached hydrogens (tertiary/aromatic N) is 3. The van der Waals surface area contributed by atoms with Crippen molar-refractivity contribution in [1.82, 2.24) is 20.0 Å². The molecular formula is C22H30N4O3. The van der Waals surface area contributed by atoms with Crippen LogP contribution >= 0.6 is 0 Å². The topological polar surface area (TPSA) is 78.5 Å². The number of carbonyl (C=O) groups is 2. The minimum absolute atomic E-state index is 0.0898. The van der Waals surface area contributed by atoms with Crippen molar-refractivity contribution in [3.63, 3.8) is 0 Å². The van der Waals surface area contributed by atoms with Crippen molar-refractivity contribution in [2.45, 2.75) is 39.7 Å². The molecule has 7 heteroatoms. The van der Waals surface area contributed by atoms with Gasteiger partial charge in [-0.05, 0) is 44.4 Å². The Hall–Kier alpha value is -2.83. The fraction of sp³-hybridized carbons (Fsp3) is 0.500. The zero-order valence-corrected chi connectivity index (χ0v) is 17.7. The first kappa shape index (κ1) is 20.9. The maximum atomic E-state index is 13.0. The van der Waals surface area contributed by atoms with Gasteiger partial charge < -0.3 is 14.5 Å². The van der Waals surface area contributed by atoms with Crippen LogP contribution in [0.25, 0.3) is 0 Å². The molecule has 0 saturated carbocycles. The summed E-state index contributed by atoms with van der Waals surface area (Å²) in [5.74, 6) is 0.888. The summed E-state index contributed by atoms with van der Waals surface area (Å²) in [7, 11) is 3.47. The molecule has 1 aromatic carbocycles. The number of aromatic nitrogens is 2. The quantitative estimate of drug-likeness (QED) is 0.777. The zero-order valence-electron chi connectivity index (χ0n) is 17.7. The molecule has 1 N–H and O–H groups in total. The molecule has 2 heterocycles. The number of aryl methyl sites for hydroxylation is 2. The van der Waals surface area contributed by atoms with E-state index in [1.165, 1.54) is 0 Å². The largest absolute Gasteiger partial charge is 0.497 e. The van der Waals surface area contributed by atoms with Gasteiger partial charge in [0.1, 0.15) is 5.75 Å². The minimum atomic E-state index is -0.152. The zero-order chi connectivity index (χ0) is 21.0. The lowest BCUT2D eigenvalue weighted by Crippen LogP contribution is -2.46. The van der Waals surface area contributed by atoms with Gasteiger partial charge in [-0.2, -0.15) is 5.10 Å². The number of H-pyrrole nitrogens is 1. The van der Waals surface area contributed by atoms with Gasteiger partial charge in [-0.3, -0.25) is 14.7 Å². The Labute approximate surface area is 172 Å². The average Bonchev–Trinajstić information content (AvgIpc) is 3.05. The summed E-state index contributed by atoms with van der Waals surface area (Å²) in [4.78, 5) is 28.9. The van der Waals surface area contributed by atoms with Gasteiger partial charge in [-0.25, -0.2) is 0 Å². The highest BCUT2D eigenvalue weighted by atomic mass is 16.5. The van der Waals surface area contributed by atoms with Crippen molar-refractivity contribution >= 4 is 11.8 Å². The third-order valence-electron chi connectivity index (χ3n) is 5.73. The third-order valence-corrected chi connectivity index (χ3v) is 5.73. The highest BCUT2D eigenvalue weighted by molar-refractivity contribution is 5.83. The summed E-state index contributed by atoms with van der Waals surface area (Å²) < 4.78 is 5.18. The molecule has 7 nitrogen and oxygen atoms in total. The molecule has 1 atom stereocenters. The number of nitrogens with one attached hydrogen (secondary N) is 1. The van der Waals surface area contributed by atoms with Crippen LogP contribution in [-0.2, 0) is 22.6 Å². The third kappa shape index (κ3) is 4.96. The van der Waals surface area contributed by atoms with E-state index in [0.717, 1.165) is 34.7 Å². The van der Waals surface area contributed by atoms with Gasteiger partial charge in [0.2, 0.25) is 11.8 Å². The van der Waals surface area contributed by atoms with Gasteiger partial charge in [0, 0.05) is 44.4 Å². The van der Waals surface area contributed by atoms with Crippen LogP contribution in [0.15, 0.2) is 24.3 Å². The second-order valence-corrected chi connectivity index (χ2v) is 7.78. The molecule has 1 unspecified atom stereocenters. The Morgan fingerprint density at radius 2 is 2.03 bits per heavy atom. The summed E-state index contributed by atoms with van der Waals surface area (Å²) in [6.45, 7) is 5.55. The van der Waals surface area contributed by atoms with Crippen molar-refractivity contribution in [2.24, 2.45) is 5.92 Å². The van der Waals surface area contributed by atoms with E-state index < -0.39 is 0 Å². The molecule has 0 bridgehead atoms. The Morgan fingerprint density at radius 3 is 2.66 bits per heavy atom. The van der Waals surface area contributed by atoms with E-state index in [9.17, 15) is 9.59 Å². The number of ether oxygens (including phenoxy) is 1. The molecule has 0 radical (unpaired) electrons. The van der Waals surface area contributed by atoms with Crippen molar-refractivity contribution in [3.8, 4) is 5.75 Å². The normalized spacial score (nSPS) is 16.8. The first-order chi connectivity index (χ1) is 13.9. The minimum Gasteiger partial charge on any atom is -0.497 e. The second-order valence-electron chi connectivity index (χ2n) is 7.78. The molecule has 0 aliphatic carbocycles. The lowest BCUT2D eigenvalue weighted by atomic mass is 9.95. The maximum absolute atomic E-state index is 13.0. The Bertz CT molecular complexity index is 840. The van der Waals surface area contributed by atoms with Crippen molar-refractivity contribution < 1.29 is 14.3 Å². The highest BCUT2D eigenvalue weighted by Crippen LogP contribution is 2.22. The smallest absolute Gasteiger partial charge is 0.227 e. The standard InChI is InChI=1S/C22H30N4O3/c1-15-20(16(2)24-23-15)14-25(3)22(28)18-7-10-21(27)26(13-18)12-11-17-5-8-19(29-4)9-6-17/h5-6,8-9,18H,7,10-14H2,1-4H3,(H,23,24). The van der Waals surface area contributed by atoms with Crippen LogP contribution in [0.1, 0.15) is 35.4 Å². The van der Waals surface area contributed by atoms with Crippen LogP contribution in [0.5, 0.6) is 5.75 Å².